The number of rotatable bonds is 2. The van der Waals surface area contributed by atoms with E-state index in [1.54, 1.807) is 0 Å². The van der Waals surface area contributed by atoms with Crippen LogP contribution in [0.15, 0.2) is 27.1 Å². The lowest BCUT2D eigenvalue weighted by atomic mass is 10.2. The van der Waals surface area contributed by atoms with Gasteiger partial charge < -0.3 is 10.2 Å². The van der Waals surface area contributed by atoms with E-state index in [1.807, 2.05) is 0 Å². The monoisotopic (exact) mass is 346 g/mol. The third-order valence-electron chi connectivity index (χ3n) is 3.18. The van der Waals surface area contributed by atoms with Gasteiger partial charge in [0.1, 0.15) is 0 Å². The Bertz CT molecular complexity index is 371. The third-order valence-corrected chi connectivity index (χ3v) is 4.33. The van der Waals surface area contributed by atoms with Gasteiger partial charge in [0.15, 0.2) is 0 Å². The Morgan fingerprint density at radius 1 is 1.38 bits per heavy atom. The van der Waals surface area contributed by atoms with Crippen LogP contribution in [0.5, 0.6) is 0 Å². The van der Waals surface area contributed by atoms with Gasteiger partial charge in [-0.2, -0.15) is 0 Å². The molecule has 0 amide bonds. The van der Waals surface area contributed by atoms with Crippen LogP contribution in [0, 0.1) is 0 Å². The van der Waals surface area contributed by atoms with Crippen molar-refractivity contribution >= 4 is 37.5 Å². The van der Waals surface area contributed by atoms with E-state index >= 15 is 0 Å². The van der Waals surface area contributed by atoms with Gasteiger partial charge in [0, 0.05) is 33.3 Å². The normalized spacial score (nSPS) is 26.0. The molecule has 1 aliphatic rings. The predicted octanol–water partition coefficient (Wildman–Crippen LogP) is 3.72. The molecule has 2 nitrogen and oxygen atoms in total. The molecule has 2 unspecified atom stereocenters. The van der Waals surface area contributed by atoms with Gasteiger partial charge in [0.2, 0.25) is 0 Å². The number of likely N-dealkylation sites (N-methyl/N-ethyl adjacent to an activating group) is 1. The van der Waals surface area contributed by atoms with Crippen molar-refractivity contribution in [3.05, 3.63) is 27.1 Å². The Kier molecular flexibility index (Phi) is 3.93. The highest BCUT2D eigenvalue weighted by molar-refractivity contribution is 9.11. The lowest BCUT2D eigenvalue weighted by Gasteiger charge is -2.15. The maximum Gasteiger partial charge on any atom is 0.0488 e. The number of likely N-dealkylation sites (tertiary alicyclic amines) is 1. The summed E-state index contributed by atoms with van der Waals surface area (Å²) in [6, 6.07) is 7.47. The second-order valence-corrected chi connectivity index (χ2v) is 6.26. The van der Waals surface area contributed by atoms with Crippen LogP contribution < -0.4 is 5.32 Å². The van der Waals surface area contributed by atoms with Gasteiger partial charge in [-0.15, -0.1) is 0 Å². The average Bonchev–Trinajstić information content (AvgIpc) is 2.51. The van der Waals surface area contributed by atoms with E-state index in [2.05, 4.69) is 74.2 Å². The third kappa shape index (κ3) is 2.79. The first-order chi connectivity index (χ1) is 7.56. The van der Waals surface area contributed by atoms with Gasteiger partial charge >= 0.3 is 0 Å². The molecule has 2 rings (SSSR count). The van der Waals surface area contributed by atoms with Gasteiger partial charge in [-0.05, 0) is 54.5 Å². The number of anilines is 1. The molecular weight excluding hydrogens is 332 g/mol. The van der Waals surface area contributed by atoms with Gasteiger partial charge in [-0.25, -0.2) is 0 Å². The number of hydrogen-bond acceptors (Lipinski definition) is 2. The molecule has 1 fully saturated rings. The molecule has 0 radical (unpaired) electrons. The first kappa shape index (κ1) is 12.4. The smallest absolute Gasteiger partial charge is 0.0488 e. The molecule has 16 heavy (non-hydrogen) atoms. The molecule has 2 atom stereocenters. The van der Waals surface area contributed by atoms with Crippen LogP contribution >= 0.6 is 31.9 Å². The van der Waals surface area contributed by atoms with E-state index in [0.717, 1.165) is 15.5 Å². The van der Waals surface area contributed by atoms with Crippen molar-refractivity contribution in [2.24, 2.45) is 0 Å². The summed E-state index contributed by atoms with van der Waals surface area (Å²) >= 11 is 7.04. The summed E-state index contributed by atoms with van der Waals surface area (Å²) < 4.78 is 2.21. The quantitative estimate of drug-likeness (QED) is 0.877. The molecule has 1 aliphatic heterocycles. The van der Waals surface area contributed by atoms with Crippen LogP contribution in [0.25, 0.3) is 0 Å². The number of benzene rings is 1. The van der Waals surface area contributed by atoms with E-state index < -0.39 is 0 Å². The fraction of sp³-hybridized carbons (Fsp3) is 0.500. The minimum absolute atomic E-state index is 0.553. The molecule has 1 saturated heterocycles. The Morgan fingerprint density at radius 2 is 2.12 bits per heavy atom. The first-order valence-corrected chi connectivity index (χ1v) is 7.06. The maximum absolute atomic E-state index is 3.59. The number of hydrogen-bond donors (Lipinski definition) is 1. The van der Waals surface area contributed by atoms with E-state index in [0.29, 0.717) is 12.1 Å². The highest BCUT2D eigenvalue weighted by Crippen LogP contribution is 2.28. The molecule has 1 N–H and O–H groups in total. The summed E-state index contributed by atoms with van der Waals surface area (Å²) in [5.74, 6) is 0. The van der Waals surface area contributed by atoms with Gasteiger partial charge in [-0.1, -0.05) is 15.9 Å². The van der Waals surface area contributed by atoms with E-state index in [4.69, 9.17) is 0 Å². The van der Waals surface area contributed by atoms with Crippen LogP contribution in [0.2, 0.25) is 0 Å². The predicted molar refractivity (Wildman–Crippen MR) is 76.0 cm³/mol. The molecule has 0 aromatic heterocycles. The van der Waals surface area contributed by atoms with Gasteiger partial charge in [0.05, 0.1) is 0 Å². The highest BCUT2D eigenvalue weighted by Gasteiger charge is 2.26. The lowest BCUT2D eigenvalue weighted by Crippen LogP contribution is -2.24. The van der Waals surface area contributed by atoms with E-state index in [1.165, 1.54) is 12.1 Å². The van der Waals surface area contributed by atoms with Crippen molar-refractivity contribution < 1.29 is 0 Å². The topological polar surface area (TPSA) is 15.3 Å². The van der Waals surface area contributed by atoms with Crippen molar-refractivity contribution in [1.29, 1.82) is 0 Å². The van der Waals surface area contributed by atoms with Crippen LogP contribution in [-0.4, -0.2) is 30.6 Å². The fourth-order valence-corrected chi connectivity index (χ4v) is 3.29. The van der Waals surface area contributed by atoms with Crippen LogP contribution in [0.3, 0.4) is 0 Å². The molecule has 0 bridgehead atoms. The molecule has 0 aliphatic carbocycles. The van der Waals surface area contributed by atoms with Crippen molar-refractivity contribution in [1.82, 2.24) is 4.90 Å². The number of nitrogens with one attached hydrogen (secondary N) is 1. The summed E-state index contributed by atoms with van der Waals surface area (Å²) in [6.07, 6.45) is 1.21. The van der Waals surface area contributed by atoms with Crippen molar-refractivity contribution in [2.45, 2.75) is 25.4 Å². The van der Waals surface area contributed by atoms with Crippen LogP contribution in [0.1, 0.15) is 13.3 Å². The lowest BCUT2D eigenvalue weighted by molar-refractivity contribution is 0.330. The number of halogens is 2. The Balaban J connectivity index is 2.05. The largest absolute Gasteiger partial charge is 0.380 e. The van der Waals surface area contributed by atoms with Gasteiger partial charge in [0.25, 0.3) is 0 Å². The Labute approximate surface area is 114 Å². The molecule has 0 saturated carbocycles. The minimum atomic E-state index is 0.553. The SMILES string of the molecule is CC1CC(Nc2ccc(Br)cc2Br)CN1C. The Hall–Kier alpha value is -0.0600. The molecule has 88 valence electrons. The summed E-state index contributed by atoms with van der Waals surface area (Å²) in [5, 5.41) is 3.59. The number of nitrogens with zero attached hydrogens (tertiary/aromatic N) is 1. The minimum Gasteiger partial charge on any atom is -0.380 e. The summed E-state index contributed by atoms with van der Waals surface area (Å²) in [4.78, 5) is 2.39. The van der Waals surface area contributed by atoms with Crippen molar-refractivity contribution in [2.75, 3.05) is 18.9 Å². The molecule has 1 aromatic carbocycles. The molecular formula is C12H16Br2N2. The molecule has 1 aromatic rings. The summed E-state index contributed by atoms with van der Waals surface area (Å²) in [6.45, 7) is 3.39. The highest BCUT2D eigenvalue weighted by atomic mass is 79.9. The van der Waals surface area contributed by atoms with Crippen LogP contribution in [-0.2, 0) is 0 Å². The maximum atomic E-state index is 3.59. The second-order valence-electron chi connectivity index (χ2n) is 4.49. The summed E-state index contributed by atoms with van der Waals surface area (Å²) in [7, 11) is 2.18. The Morgan fingerprint density at radius 3 is 2.69 bits per heavy atom. The molecule has 0 spiro atoms. The van der Waals surface area contributed by atoms with Crippen molar-refractivity contribution in [3.63, 3.8) is 0 Å². The summed E-state index contributed by atoms with van der Waals surface area (Å²) in [5.41, 5.74) is 1.18. The fourth-order valence-electron chi connectivity index (χ4n) is 2.12. The van der Waals surface area contributed by atoms with E-state index in [9.17, 15) is 0 Å². The zero-order valence-corrected chi connectivity index (χ0v) is 12.7. The van der Waals surface area contributed by atoms with Crippen LogP contribution in [0.4, 0.5) is 5.69 Å². The van der Waals surface area contributed by atoms with E-state index in [-0.39, 0.29) is 0 Å². The molecule has 4 heteroatoms. The van der Waals surface area contributed by atoms with Gasteiger partial charge in [-0.3, -0.25) is 0 Å². The first-order valence-electron chi connectivity index (χ1n) is 5.48. The zero-order valence-electron chi connectivity index (χ0n) is 9.50. The van der Waals surface area contributed by atoms with Crippen molar-refractivity contribution in [3.8, 4) is 0 Å². The average molecular weight is 348 g/mol. The zero-order chi connectivity index (χ0) is 11.7. The second kappa shape index (κ2) is 5.07. The standard InChI is InChI=1S/C12H16Br2N2/c1-8-5-10(7-16(8)2)15-12-4-3-9(13)6-11(12)14/h3-4,6,8,10,15H,5,7H2,1-2H3. The molecule has 1 heterocycles.